The molecule has 1 amide bonds. The van der Waals surface area contributed by atoms with Gasteiger partial charge in [-0.2, -0.15) is 0 Å². The number of pyridine rings is 1. The van der Waals surface area contributed by atoms with E-state index in [9.17, 15) is 9.59 Å². The molecule has 4 nitrogen and oxygen atoms in total. The first-order valence-corrected chi connectivity index (χ1v) is 5.94. The number of aromatic nitrogens is 1. The average molecular weight is 240 g/mol. The summed E-state index contributed by atoms with van der Waals surface area (Å²) in [4.78, 5) is 28.5. The molecule has 0 bridgehead atoms. The van der Waals surface area contributed by atoms with Gasteiger partial charge in [0.25, 0.3) is 0 Å². The van der Waals surface area contributed by atoms with E-state index in [0.29, 0.717) is 17.8 Å². The molecule has 18 heavy (non-hydrogen) atoms. The SMILES string of the molecule is O=Cc1ccc2nc(N3CCCC3=O)ccc2c1. The number of aldehydes is 1. The zero-order valence-electron chi connectivity index (χ0n) is 9.80. The van der Waals surface area contributed by atoms with Crippen LogP contribution >= 0.6 is 0 Å². The minimum absolute atomic E-state index is 0.131. The summed E-state index contributed by atoms with van der Waals surface area (Å²) in [5.74, 6) is 0.829. The maximum Gasteiger partial charge on any atom is 0.228 e. The highest BCUT2D eigenvalue weighted by molar-refractivity contribution is 5.96. The van der Waals surface area contributed by atoms with Crippen LogP contribution in [0, 0.1) is 0 Å². The largest absolute Gasteiger partial charge is 0.298 e. The van der Waals surface area contributed by atoms with E-state index in [0.717, 1.165) is 30.2 Å². The molecule has 90 valence electrons. The summed E-state index contributed by atoms with van der Waals surface area (Å²) in [7, 11) is 0. The van der Waals surface area contributed by atoms with Crippen LogP contribution in [0.4, 0.5) is 5.82 Å². The fourth-order valence-electron chi connectivity index (χ4n) is 2.25. The minimum Gasteiger partial charge on any atom is -0.298 e. The second-order valence-corrected chi connectivity index (χ2v) is 4.39. The molecule has 3 rings (SSSR count). The van der Waals surface area contributed by atoms with Crippen molar-refractivity contribution in [1.82, 2.24) is 4.98 Å². The van der Waals surface area contributed by atoms with Crippen LogP contribution in [0.1, 0.15) is 23.2 Å². The van der Waals surface area contributed by atoms with Crippen molar-refractivity contribution in [3.63, 3.8) is 0 Å². The number of carbonyl (C=O) groups is 2. The van der Waals surface area contributed by atoms with Crippen LogP contribution in [-0.4, -0.2) is 23.7 Å². The van der Waals surface area contributed by atoms with Gasteiger partial charge in [0.15, 0.2) is 0 Å². The Morgan fingerprint density at radius 1 is 1.22 bits per heavy atom. The van der Waals surface area contributed by atoms with Gasteiger partial charge in [-0.1, -0.05) is 0 Å². The summed E-state index contributed by atoms with van der Waals surface area (Å²) in [5.41, 5.74) is 1.44. The molecule has 1 aromatic heterocycles. The van der Waals surface area contributed by atoms with Crippen LogP contribution in [0.25, 0.3) is 10.9 Å². The maximum absolute atomic E-state index is 11.7. The molecule has 1 aliphatic rings. The molecule has 0 spiro atoms. The smallest absolute Gasteiger partial charge is 0.228 e. The van der Waals surface area contributed by atoms with Gasteiger partial charge in [-0.25, -0.2) is 4.98 Å². The molecule has 1 saturated heterocycles. The number of benzene rings is 1. The van der Waals surface area contributed by atoms with Gasteiger partial charge in [0.1, 0.15) is 12.1 Å². The van der Waals surface area contributed by atoms with E-state index in [1.807, 2.05) is 18.2 Å². The van der Waals surface area contributed by atoms with Crippen molar-refractivity contribution in [2.24, 2.45) is 0 Å². The Morgan fingerprint density at radius 2 is 2.11 bits per heavy atom. The first-order chi connectivity index (χ1) is 8.78. The monoisotopic (exact) mass is 240 g/mol. The van der Waals surface area contributed by atoms with Gasteiger partial charge in [-0.15, -0.1) is 0 Å². The summed E-state index contributed by atoms with van der Waals surface area (Å²) in [5, 5.41) is 0.912. The fourth-order valence-corrected chi connectivity index (χ4v) is 2.25. The summed E-state index contributed by atoms with van der Waals surface area (Å²) in [6.07, 6.45) is 2.31. The summed E-state index contributed by atoms with van der Waals surface area (Å²) >= 11 is 0. The van der Waals surface area contributed by atoms with Crippen LogP contribution in [-0.2, 0) is 4.79 Å². The number of carbonyl (C=O) groups excluding carboxylic acids is 2. The lowest BCUT2D eigenvalue weighted by atomic mass is 10.1. The van der Waals surface area contributed by atoms with E-state index >= 15 is 0 Å². The number of hydrogen-bond acceptors (Lipinski definition) is 3. The van der Waals surface area contributed by atoms with Crippen molar-refractivity contribution < 1.29 is 9.59 Å². The molecule has 1 aromatic carbocycles. The van der Waals surface area contributed by atoms with E-state index in [1.54, 1.807) is 17.0 Å². The van der Waals surface area contributed by atoms with Crippen LogP contribution in [0.15, 0.2) is 30.3 Å². The van der Waals surface area contributed by atoms with E-state index in [-0.39, 0.29) is 5.91 Å². The van der Waals surface area contributed by atoms with Gasteiger partial charge in [0.2, 0.25) is 5.91 Å². The van der Waals surface area contributed by atoms with E-state index in [2.05, 4.69) is 4.98 Å². The number of amides is 1. The Labute approximate surface area is 104 Å². The molecule has 2 aromatic rings. The third kappa shape index (κ3) is 1.76. The van der Waals surface area contributed by atoms with Crippen molar-refractivity contribution >= 4 is 28.9 Å². The van der Waals surface area contributed by atoms with Crippen molar-refractivity contribution in [1.29, 1.82) is 0 Å². The number of fused-ring (bicyclic) bond motifs is 1. The first kappa shape index (κ1) is 10.9. The van der Waals surface area contributed by atoms with Crippen molar-refractivity contribution in [3.05, 3.63) is 35.9 Å². The fraction of sp³-hybridized carbons (Fsp3) is 0.214. The standard InChI is InChI=1S/C14H12N2O2/c17-9-10-3-5-12-11(8-10)4-6-13(15-12)16-7-1-2-14(16)18/h3-6,8-9H,1-2,7H2. The highest BCUT2D eigenvalue weighted by Crippen LogP contribution is 2.22. The van der Waals surface area contributed by atoms with Crippen LogP contribution in [0.2, 0.25) is 0 Å². The molecule has 2 heterocycles. The summed E-state index contributed by atoms with van der Waals surface area (Å²) < 4.78 is 0. The average Bonchev–Trinajstić information content (AvgIpc) is 2.84. The Morgan fingerprint density at radius 3 is 2.83 bits per heavy atom. The Balaban J connectivity index is 2.06. The van der Waals surface area contributed by atoms with Gasteiger partial charge in [-0.3, -0.25) is 14.5 Å². The Bertz CT molecular complexity index is 637. The molecule has 0 N–H and O–H groups in total. The highest BCUT2D eigenvalue weighted by Gasteiger charge is 2.22. The third-order valence-corrected chi connectivity index (χ3v) is 3.18. The lowest BCUT2D eigenvalue weighted by Gasteiger charge is -2.14. The number of rotatable bonds is 2. The lowest BCUT2D eigenvalue weighted by Crippen LogP contribution is -2.24. The minimum atomic E-state index is 0.131. The molecular formula is C14H12N2O2. The van der Waals surface area contributed by atoms with Gasteiger partial charge in [-0.05, 0) is 36.8 Å². The Kier molecular flexibility index (Phi) is 2.55. The van der Waals surface area contributed by atoms with E-state index < -0.39 is 0 Å². The molecule has 0 saturated carbocycles. The van der Waals surface area contributed by atoms with Gasteiger partial charge >= 0.3 is 0 Å². The quantitative estimate of drug-likeness (QED) is 0.756. The number of nitrogens with zero attached hydrogens (tertiary/aromatic N) is 2. The molecule has 0 radical (unpaired) electrons. The van der Waals surface area contributed by atoms with Crippen molar-refractivity contribution in [2.75, 3.05) is 11.4 Å². The molecular weight excluding hydrogens is 228 g/mol. The van der Waals surface area contributed by atoms with Gasteiger partial charge in [0.05, 0.1) is 5.52 Å². The second-order valence-electron chi connectivity index (χ2n) is 4.39. The number of hydrogen-bond donors (Lipinski definition) is 0. The van der Waals surface area contributed by atoms with Crippen LogP contribution < -0.4 is 4.90 Å². The zero-order chi connectivity index (χ0) is 12.5. The Hall–Kier alpha value is -2.23. The molecule has 0 aliphatic carbocycles. The van der Waals surface area contributed by atoms with Gasteiger partial charge < -0.3 is 0 Å². The normalized spacial score (nSPS) is 15.3. The lowest BCUT2D eigenvalue weighted by molar-refractivity contribution is -0.117. The van der Waals surface area contributed by atoms with Crippen molar-refractivity contribution in [2.45, 2.75) is 12.8 Å². The zero-order valence-corrected chi connectivity index (χ0v) is 9.80. The predicted octanol–water partition coefficient (Wildman–Crippen LogP) is 2.17. The topological polar surface area (TPSA) is 50.3 Å². The summed E-state index contributed by atoms with van der Waals surface area (Å²) in [6.45, 7) is 0.740. The molecule has 1 fully saturated rings. The highest BCUT2D eigenvalue weighted by atomic mass is 16.2. The molecule has 0 unspecified atom stereocenters. The van der Waals surface area contributed by atoms with E-state index in [1.165, 1.54) is 0 Å². The summed E-state index contributed by atoms with van der Waals surface area (Å²) in [6, 6.07) is 9.07. The van der Waals surface area contributed by atoms with E-state index in [4.69, 9.17) is 0 Å². The molecule has 0 atom stereocenters. The number of anilines is 1. The van der Waals surface area contributed by atoms with Crippen molar-refractivity contribution in [3.8, 4) is 0 Å². The maximum atomic E-state index is 11.7. The molecule has 4 heteroatoms. The second kappa shape index (κ2) is 4.22. The van der Waals surface area contributed by atoms with Gasteiger partial charge in [0, 0.05) is 23.9 Å². The van der Waals surface area contributed by atoms with Crippen LogP contribution in [0.3, 0.4) is 0 Å². The molecule has 1 aliphatic heterocycles. The first-order valence-electron chi connectivity index (χ1n) is 5.94. The predicted molar refractivity (Wildman–Crippen MR) is 68.7 cm³/mol. The third-order valence-electron chi connectivity index (χ3n) is 3.18. The van der Waals surface area contributed by atoms with Crippen LogP contribution in [0.5, 0.6) is 0 Å².